The Balaban J connectivity index is 1.94. The van der Waals surface area contributed by atoms with E-state index in [0.717, 1.165) is 0 Å². The molecule has 2 heterocycles. The van der Waals surface area contributed by atoms with Crippen LogP contribution in [-0.2, 0) is 18.9 Å². The van der Waals surface area contributed by atoms with E-state index in [1.807, 2.05) is 13.8 Å². The molecule has 0 aromatic rings. The van der Waals surface area contributed by atoms with Gasteiger partial charge in [0.05, 0.1) is 6.10 Å². The Bertz CT molecular complexity index is 374. The number of methoxy groups -OCH3 is 1. The largest absolute Gasteiger partial charge is 0.390 e. The van der Waals surface area contributed by atoms with Gasteiger partial charge in [-0.2, -0.15) is 0 Å². The molecule has 1 aliphatic carbocycles. The van der Waals surface area contributed by atoms with Gasteiger partial charge in [-0.1, -0.05) is 23.2 Å². The highest BCUT2D eigenvalue weighted by Crippen LogP contribution is 2.62. The third-order valence-corrected chi connectivity index (χ3v) is 5.04. The zero-order valence-corrected chi connectivity index (χ0v) is 11.9. The van der Waals surface area contributed by atoms with Crippen LogP contribution in [0.15, 0.2) is 0 Å². The number of hydrogen-bond acceptors (Lipinski definition) is 5. The van der Waals surface area contributed by atoms with E-state index in [0.29, 0.717) is 6.42 Å². The number of halogens is 2. The molecule has 0 radical (unpaired) electrons. The molecule has 1 spiro atoms. The predicted molar refractivity (Wildman–Crippen MR) is 63.5 cm³/mol. The summed E-state index contributed by atoms with van der Waals surface area (Å²) in [6.07, 6.45) is -1.98. The maximum atomic E-state index is 9.73. The third-order valence-electron chi connectivity index (χ3n) is 3.89. The number of aliphatic hydroxyl groups is 1. The topological polar surface area (TPSA) is 57.2 Å². The summed E-state index contributed by atoms with van der Waals surface area (Å²) < 4.78 is 21.2. The van der Waals surface area contributed by atoms with Gasteiger partial charge in [-0.05, 0) is 13.8 Å². The predicted octanol–water partition coefficient (Wildman–Crippen LogP) is 1.19. The Labute approximate surface area is 115 Å². The Morgan fingerprint density at radius 2 is 1.89 bits per heavy atom. The summed E-state index contributed by atoms with van der Waals surface area (Å²) in [7, 11) is 1.52. The van der Waals surface area contributed by atoms with E-state index in [4.69, 9.17) is 42.1 Å². The lowest BCUT2D eigenvalue weighted by atomic mass is 9.72. The first-order valence-electron chi connectivity index (χ1n) is 5.86. The van der Waals surface area contributed by atoms with Crippen LogP contribution in [-0.4, -0.2) is 52.5 Å². The molecule has 2 saturated heterocycles. The van der Waals surface area contributed by atoms with Gasteiger partial charge >= 0.3 is 0 Å². The van der Waals surface area contributed by atoms with Crippen LogP contribution in [0.1, 0.15) is 20.3 Å². The lowest BCUT2D eigenvalue weighted by Crippen LogP contribution is -2.71. The van der Waals surface area contributed by atoms with Gasteiger partial charge in [0.25, 0.3) is 0 Å². The fourth-order valence-electron chi connectivity index (χ4n) is 3.01. The van der Waals surface area contributed by atoms with Crippen molar-refractivity contribution in [3.05, 3.63) is 0 Å². The Hall–Kier alpha value is 0.380. The maximum absolute atomic E-state index is 9.73. The van der Waals surface area contributed by atoms with Crippen molar-refractivity contribution >= 4 is 23.2 Å². The van der Waals surface area contributed by atoms with E-state index < -0.39 is 40.3 Å². The lowest BCUT2D eigenvalue weighted by molar-refractivity contribution is -0.280. The summed E-state index contributed by atoms with van der Waals surface area (Å²) >= 11 is 12.4. The zero-order chi connectivity index (χ0) is 13.3. The number of ether oxygens (including phenoxy) is 4. The Kier molecular flexibility index (Phi) is 2.77. The number of aliphatic hydroxyl groups excluding tert-OH is 1. The standard InChI is InChI=1S/C11H16Cl2O5/c1-9(2)16-6-7(17-9)10(18-8(6)15-3)4-5(14)11(10,12)13/h5-8,14H,4H2,1-3H3/t5-,6?,7?,8+,10-/m0/s1. The average molecular weight is 299 g/mol. The number of alkyl halides is 2. The molecule has 0 bridgehead atoms. The number of hydrogen-bond donors (Lipinski definition) is 1. The molecule has 1 saturated carbocycles. The minimum atomic E-state index is -1.41. The second-order valence-electron chi connectivity index (χ2n) is 5.48. The molecule has 7 heteroatoms. The molecular formula is C11H16Cl2O5. The van der Waals surface area contributed by atoms with Crippen LogP contribution >= 0.6 is 23.2 Å². The Morgan fingerprint density at radius 3 is 2.39 bits per heavy atom. The van der Waals surface area contributed by atoms with Crippen LogP contribution in [0.4, 0.5) is 0 Å². The molecule has 0 amide bonds. The lowest BCUT2D eigenvalue weighted by Gasteiger charge is -2.54. The van der Waals surface area contributed by atoms with E-state index in [1.54, 1.807) is 0 Å². The van der Waals surface area contributed by atoms with Crippen LogP contribution in [0.5, 0.6) is 0 Å². The van der Waals surface area contributed by atoms with Gasteiger partial charge in [-0.25, -0.2) is 0 Å². The molecule has 0 aromatic carbocycles. The zero-order valence-electron chi connectivity index (χ0n) is 10.4. The van der Waals surface area contributed by atoms with Crippen molar-refractivity contribution in [2.75, 3.05) is 7.11 Å². The van der Waals surface area contributed by atoms with Gasteiger partial charge in [0.2, 0.25) is 0 Å². The van der Waals surface area contributed by atoms with Crippen molar-refractivity contribution < 1.29 is 24.1 Å². The molecule has 3 aliphatic rings. The molecule has 1 N–H and O–H groups in total. The first-order chi connectivity index (χ1) is 8.23. The highest BCUT2D eigenvalue weighted by molar-refractivity contribution is 6.50. The van der Waals surface area contributed by atoms with E-state index in [9.17, 15) is 5.11 Å². The summed E-state index contributed by atoms with van der Waals surface area (Å²) in [6.45, 7) is 3.62. The normalized spacial score (nSPS) is 52.3. The van der Waals surface area contributed by atoms with Crippen LogP contribution in [0.2, 0.25) is 0 Å². The molecule has 3 rings (SSSR count). The summed E-state index contributed by atoms with van der Waals surface area (Å²) in [5.41, 5.74) is -0.978. The summed E-state index contributed by atoms with van der Waals surface area (Å²) in [6, 6.07) is 0. The van der Waals surface area contributed by atoms with Gasteiger partial charge < -0.3 is 24.1 Å². The second kappa shape index (κ2) is 3.73. The summed E-state index contributed by atoms with van der Waals surface area (Å²) in [5, 5.41) is 9.73. The SMILES string of the molecule is CO[C@@H]1O[C@@]2(C[C@H](O)C2(Cl)Cl)C2OC(C)(C)OC21. The van der Waals surface area contributed by atoms with Crippen LogP contribution in [0, 0.1) is 0 Å². The molecule has 104 valence electrons. The van der Waals surface area contributed by atoms with E-state index >= 15 is 0 Å². The first kappa shape index (κ1) is 13.4. The molecule has 18 heavy (non-hydrogen) atoms. The highest BCUT2D eigenvalue weighted by atomic mass is 35.5. The monoisotopic (exact) mass is 298 g/mol. The van der Waals surface area contributed by atoms with E-state index in [2.05, 4.69) is 0 Å². The number of rotatable bonds is 1. The molecule has 2 unspecified atom stereocenters. The van der Waals surface area contributed by atoms with Crippen LogP contribution in [0.3, 0.4) is 0 Å². The summed E-state index contributed by atoms with van der Waals surface area (Å²) in [5.74, 6) is -0.743. The fourth-order valence-corrected chi connectivity index (χ4v) is 3.62. The van der Waals surface area contributed by atoms with Gasteiger partial charge in [-0.3, -0.25) is 0 Å². The van der Waals surface area contributed by atoms with Crippen molar-refractivity contribution in [1.82, 2.24) is 0 Å². The van der Waals surface area contributed by atoms with Crippen molar-refractivity contribution in [2.24, 2.45) is 0 Å². The molecule has 3 fully saturated rings. The van der Waals surface area contributed by atoms with Crippen molar-refractivity contribution in [3.8, 4) is 0 Å². The van der Waals surface area contributed by atoms with Gasteiger partial charge in [-0.15, -0.1) is 0 Å². The summed E-state index contributed by atoms with van der Waals surface area (Å²) in [4.78, 5) is 0. The van der Waals surface area contributed by atoms with Crippen molar-refractivity contribution in [1.29, 1.82) is 0 Å². The maximum Gasteiger partial charge on any atom is 0.187 e. The smallest absolute Gasteiger partial charge is 0.187 e. The second-order valence-corrected chi connectivity index (χ2v) is 6.86. The molecule has 5 nitrogen and oxygen atoms in total. The quantitative estimate of drug-likeness (QED) is 0.737. The molecular weight excluding hydrogens is 283 g/mol. The minimum absolute atomic E-state index is 0.306. The van der Waals surface area contributed by atoms with Crippen LogP contribution in [0.25, 0.3) is 0 Å². The average Bonchev–Trinajstić information content (AvgIpc) is 2.73. The fraction of sp³-hybridized carbons (Fsp3) is 1.00. The first-order valence-corrected chi connectivity index (χ1v) is 6.61. The van der Waals surface area contributed by atoms with Gasteiger partial charge in [0.15, 0.2) is 16.4 Å². The highest BCUT2D eigenvalue weighted by Gasteiger charge is 2.78. The van der Waals surface area contributed by atoms with Gasteiger partial charge in [0.1, 0.15) is 17.8 Å². The molecule has 0 aromatic heterocycles. The van der Waals surface area contributed by atoms with Gasteiger partial charge in [0, 0.05) is 13.5 Å². The molecule has 2 aliphatic heterocycles. The minimum Gasteiger partial charge on any atom is -0.390 e. The van der Waals surface area contributed by atoms with Crippen molar-refractivity contribution in [2.45, 2.75) is 60.6 Å². The Morgan fingerprint density at radius 1 is 1.22 bits per heavy atom. The van der Waals surface area contributed by atoms with E-state index in [-0.39, 0.29) is 0 Å². The molecule has 5 atom stereocenters. The van der Waals surface area contributed by atoms with E-state index in [1.165, 1.54) is 7.11 Å². The number of fused-ring (bicyclic) bond motifs is 2. The van der Waals surface area contributed by atoms with Crippen molar-refractivity contribution in [3.63, 3.8) is 0 Å². The van der Waals surface area contributed by atoms with Crippen LogP contribution < -0.4 is 0 Å². The third kappa shape index (κ3) is 1.47.